The number of hydrogen-bond acceptors (Lipinski definition) is 4. The molecule has 0 bridgehead atoms. The van der Waals surface area contributed by atoms with Gasteiger partial charge in [0.1, 0.15) is 0 Å². The molecule has 0 aromatic heterocycles. The molecule has 0 saturated carbocycles. The van der Waals surface area contributed by atoms with Gasteiger partial charge in [0.15, 0.2) is 5.84 Å². The highest BCUT2D eigenvalue weighted by atomic mass is 32.2. The maximum Gasteiger partial charge on any atom is 0.301 e. The van der Waals surface area contributed by atoms with Gasteiger partial charge in [0.05, 0.1) is 5.69 Å². The van der Waals surface area contributed by atoms with Crippen molar-refractivity contribution in [2.75, 3.05) is 11.4 Å². The zero-order chi connectivity index (χ0) is 15.6. The average molecular weight is 300 g/mol. The van der Waals surface area contributed by atoms with Gasteiger partial charge >= 0.3 is 10.2 Å². The fourth-order valence-electron chi connectivity index (χ4n) is 1.51. The van der Waals surface area contributed by atoms with Crippen LogP contribution in [0.25, 0.3) is 0 Å². The summed E-state index contributed by atoms with van der Waals surface area (Å²) in [6.07, 6.45) is 0. The maximum atomic E-state index is 12.2. The van der Waals surface area contributed by atoms with Gasteiger partial charge in [-0.05, 0) is 32.9 Å². The molecule has 0 saturated heterocycles. The summed E-state index contributed by atoms with van der Waals surface area (Å²) in [6.45, 7) is 5.27. The number of hydrogen-bond donors (Lipinski definition) is 3. The molecule has 20 heavy (non-hydrogen) atoms. The molecule has 0 aliphatic heterocycles. The highest BCUT2D eigenvalue weighted by Crippen LogP contribution is 2.18. The van der Waals surface area contributed by atoms with Crippen LogP contribution in [0.15, 0.2) is 29.4 Å². The first-order valence-electron chi connectivity index (χ1n) is 5.92. The van der Waals surface area contributed by atoms with Crippen molar-refractivity contribution in [3.8, 4) is 0 Å². The van der Waals surface area contributed by atoms with Crippen molar-refractivity contribution in [1.82, 2.24) is 4.72 Å². The zero-order valence-electron chi connectivity index (χ0n) is 12.0. The van der Waals surface area contributed by atoms with Gasteiger partial charge in [0.25, 0.3) is 0 Å². The number of rotatable bonds is 4. The number of anilines is 1. The minimum absolute atomic E-state index is 0.0820. The van der Waals surface area contributed by atoms with Crippen LogP contribution in [-0.2, 0) is 10.2 Å². The molecule has 7 nitrogen and oxygen atoms in total. The van der Waals surface area contributed by atoms with Gasteiger partial charge in [-0.3, -0.25) is 4.31 Å². The third kappa shape index (κ3) is 4.10. The van der Waals surface area contributed by atoms with Gasteiger partial charge in [-0.2, -0.15) is 13.1 Å². The van der Waals surface area contributed by atoms with Gasteiger partial charge in [0.2, 0.25) is 0 Å². The lowest BCUT2D eigenvalue weighted by Crippen LogP contribution is -2.47. The summed E-state index contributed by atoms with van der Waals surface area (Å²) in [6, 6.07) is 6.40. The van der Waals surface area contributed by atoms with Crippen molar-refractivity contribution in [3.05, 3.63) is 29.8 Å². The molecule has 0 atom stereocenters. The first-order chi connectivity index (χ1) is 9.07. The zero-order valence-corrected chi connectivity index (χ0v) is 12.8. The van der Waals surface area contributed by atoms with E-state index >= 15 is 0 Å². The molecule has 112 valence electrons. The number of nitrogens with one attached hydrogen (secondary N) is 1. The van der Waals surface area contributed by atoms with Crippen LogP contribution < -0.4 is 14.8 Å². The lowest BCUT2D eigenvalue weighted by molar-refractivity contribution is 0.318. The van der Waals surface area contributed by atoms with Crippen molar-refractivity contribution < 1.29 is 13.6 Å². The van der Waals surface area contributed by atoms with E-state index in [2.05, 4.69) is 9.88 Å². The second-order valence-electron chi connectivity index (χ2n) is 5.36. The first-order valence-corrected chi connectivity index (χ1v) is 7.36. The van der Waals surface area contributed by atoms with Crippen LogP contribution in [0.4, 0.5) is 5.69 Å². The molecule has 0 amide bonds. The van der Waals surface area contributed by atoms with Gasteiger partial charge < -0.3 is 10.9 Å². The van der Waals surface area contributed by atoms with Crippen LogP contribution in [0.3, 0.4) is 0 Å². The number of oxime groups is 1. The van der Waals surface area contributed by atoms with Crippen LogP contribution in [0.5, 0.6) is 0 Å². The number of nitrogens with two attached hydrogens (primary N) is 1. The van der Waals surface area contributed by atoms with E-state index in [-0.39, 0.29) is 5.84 Å². The lowest BCUT2D eigenvalue weighted by Gasteiger charge is -2.26. The summed E-state index contributed by atoms with van der Waals surface area (Å²) in [5.74, 6) is -0.0820. The second kappa shape index (κ2) is 5.68. The topological polar surface area (TPSA) is 108 Å². The molecule has 8 heteroatoms. The number of amidine groups is 1. The van der Waals surface area contributed by atoms with Gasteiger partial charge in [-0.15, -0.1) is 0 Å². The van der Waals surface area contributed by atoms with E-state index in [0.717, 1.165) is 4.31 Å². The van der Waals surface area contributed by atoms with E-state index in [1.54, 1.807) is 39.0 Å². The third-order valence-electron chi connectivity index (χ3n) is 2.41. The monoisotopic (exact) mass is 300 g/mol. The quantitative estimate of drug-likeness (QED) is 0.331. The molecule has 0 aliphatic carbocycles. The first kappa shape index (κ1) is 16.3. The summed E-state index contributed by atoms with van der Waals surface area (Å²) in [7, 11) is -2.25. The molecular formula is C12H20N4O3S. The molecule has 0 radical (unpaired) electrons. The van der Waals surface area contributed by atoms with E-state index in [4.69, 9.17) is 10.9 Å². The SMILES string of the molecule is CN(c1cccc(/C(N)=N/O)c1)S(=O)(=O)NC(C)(C)C. The molecule has 0 unspecified atom stereocenters. The number of benzene rings is 1. The van der Waals surface area contributed by atoms with E-state index < -0.39 is 15.7 Å². The smallest absolute Gasteiger partial charge is 0.301 e. The standard InChI is InChI=1S/C12H20N4O3S/c1-12(2,3)15-20(18,19)16(4)10-7-5-6-9(8-10)11(13)14-17/h5-8,15,17H,1-4H3,(H2,13,14). The summed E-state index contributed by atoms with van der Waals surface area (Å²) in [5, 5.41) is 11.5. The lowest BCUT2D eigenvalue weighted by atomic mass is 10.1. The highest BCUT2D eigenvalue weighted by Gasteiger charge is 2.24. The Morgan fingerprint density at radius 1 is 1.40 bits per heavy atom. The van der Waals surface area contributed by atoms with E-state index in [9.17, 15) is 8.42 Å². The molecule has 0 aliphatic rings. The molecule has 0 fully saturated rings. The van der Waals surface area contributed by atoms with Crippen LogP contribution in [0, 0.1) is 0 Å². The van der Waals surface area contributed by atoms with Crippen LogP contribution in [-0.4, -0.2) is 32.0 Å². The average Bonchev–Trinajstić information content (AvgIpc) is 2.34. The van der Waals surface area contributed by atoms with Crippen LogP contribution in [0.2, 0.25) is 0 Å². The van der Waals surface area contributed by atoms with Gasteiger partial charge in [-0.1, -0.05) is 17.3 Å². The molecule has 0 spiro atoms. The summed E-state index contributed by atoms with van der Waals surface area (Å²) in [5.41, 5.74) is 5.74. The maximum absolute atomic E-state index is 12.2. The Kier molecular flexibility index (Phi) is 4.61. The minimum atomic E-state index is -3.68. The van der Waals surface area contributed by atoms with Crippen LogP contribution >= 0.6 is 0 Å². The van der Waals surface area contributed by atoms with Crippen molar-refractivity contribution in [2.45, 2.75) is 26.3 Å². The predicted octanol–water partition coefficient (Wildman–Crippen LogP) is 0.850. The Balaban J connectivity index is 3.12. The van der Waals surface area contributed by atoms with E-state index in [1.807, 2.05) is 0 Å². The van der Waals surface area contributed by atoms with Crippen molar-refractivity contribution in [2.24, 2.45) is 10.9 Å². The van der Waals surface area contributed by atoms with Gasteiger partial charge in [0, 0.05) is 18.2 Å². The Morgan fingerprint density at radius 2 is 2.00 bits per heavy atom. The summed E-state index contributed by atoms with van der Waals surface area (Å²) < 4.78 is 28.0. The Hall–Kier alpha value is -1.80. The minimum Gasteiger partial charge on any atom is -0.409 e. The van der Waals surface area contributed by atoms with E-state index in [1.165, 1.54) is 13.1 Å². The largest absolute Gasteiger partial charge is 0.409 e. The Labute approximate surface area is 119 Å². The number of nitrogens with zero attached hydrogens (tertiary/aromatic N) is 2. The third-order valence-corrected chi connectivity index (χ3v) is 4.21. The van der Waals surface area contributed by atoms with Gasteiger partial charge in [-0.25, -0.2) is 0 Å². The molecule has 1 aromatic rings. The normalized spacial score (nSPS) is 13.3. The van der Waals surface area contributed by atoms with Crippen LogP contribution in [0.1, 0.15) is 26.3 Å². The molecular weight excluding hydrogens is 280 g/mol. The Bertz CT molecular complexity index is 605. The fraction of sp³-hybridized carbons (Fsp3) is 0.417. The molecule has 4 N–H and O–H groups in total. The summed E-state index contributed by atoms with van der Waals surface area (Å²) >= 11 is 0. The summed E-state index contributed by atoms with van der Waals surface area (Å²) in [4.78, 5) is 0. The van der Waals surface area contributed by atoms with E-state index in [0.29, 0.717) is 11.3 Å². The molecule has 1 aromatic carbocycles. The highest BCUT2D eigenvalue weighted by molar-refractivity contribution is 7.90. The predicted molar refractivity (Wildman–Crippen MR) is 79.2 cm³/mol. The fourth-order valence-corrected chi connectivity index (χ4v) is 2.81. The van der Waals surface area contributed by atoms with Crippen molar-refractivity contribution in [1.29, 1.82) is 0 Å². The van der Waals surface area contributed by atoms with Crippen molar-refractivity contribution >= 4 is 21.7 Å². The van der Waals surface area contributed by atoms with Crippen molar-refractivity contribution in [3.63, 3.8) is 0 Å². The molecule has 1 rings (SSSR count). The Morgan fingerprint density at radius 3 is 2.50 bits per heavy atom. The second-order valence-corrected chi connectivity index (χ2v) is 7.06. The molecule has 0 heterocycles.